The topological polar surface area (TPSA) is 68.1 Å². The highest BCUT2D eigenvalue weighted by atomic mass is 16.6. The Kier molecular flexibility index (Phi) is 3.98. The van der Waals surface area contributed by atoms with E-state index < -0.39 is 4.92 Å². The second-order valence-electron chi connectivity index (χ2n) is 4.78. The molecule has 5 heteroatoms. The van der Waals surface area contributed by atoms with Crippen LogP contribution in [0.25, 0.3) is 0 Å². The third kappa shape index (κ3) is 2.93. The molecular formula is C15H17N3O2. The van der Waals surface area contributed by atoms with Gasteiger partial charge in [0.2, 0.25) is 0 Å². The van der Waals surface area contributed by atoms with Crippen LogP contribution in [0, 0.1) is 24.0 Å². The van der Waals surface area contributed by atoms with E-state index in [1.54, 1.807) is 13.0 Å². The average molecular weight is 271 g/mol. The van der Waals surface area contributed by atoms with Crippen LogP contribution in [-0.2, 0) is 0 Å². The Morgan fingerprint density at radius 2 is 1.90 bits per heavy atom. The minimum atomic E-state index is -0.420. The number of rotatable bonds is 4. The van der Waals surface area contributed by atoms with Gasteiger partial charge in [-0.15, -0.1) is 0 Å². The van der Waals surface area contributed by atoms with Crippen molar-refractivity contribution in [1.29, 1.82) is 0 Å². The number of aryl methyl sites for hydroxylation is 2. The van der Waals surface area contributed by atoms with Gasteiger partial charge < -0.3 is 5.32 Å². The van der Waals surface area contributed by atoms with Crippen LogP contribution in [0.5, 0.6) is 0 Å². The number of aromatic nitrogens is 1. The Morgan fingerprint density at radius 3 is 2.50 bits per heavy atom. The van der Waals surface area contributed by atoms with Gasteiger partial charge >= 0.3 is 0 Å². The number of benzene rings is 1. The van der Waals surface area contributed by atoms with Crippen LogP contribution in [0.4, 0.5) is 11.5 Å². The molecule has 1 aromatic heterocycles. The standard InChI is InChI=1S/C15H17N3O2/c1-10-6-4-5-7-13(10)11(2)16-15-9-8-14(18(19)20)12(3)17-15/h4-9,11H,1-3H3,(H,16,17). The van der Waals surface area contributed by atoms with E-state index in [-0.39, 0.29) is 11.7 Å². The summed E-state index contributed by atoms with van der Waals surface area (Å²) in [6.07, 6.45) is 0. The number of hydrogen-bond donors (Lipinski definition) is 1. The van der Waals surface area contributed by atoms with Gasteiger partial charge in [0, 0.05) is 6.07 Å². The normalized spacial score (nSPS) is 11.9. The third-order valence-electron chi connectivity index (χ3n) is 3.27. The molecule has 0 aliphatic rings. The number of pyridine rings is 1. The van der Waals surface area contributed by atoms with Crippen LogP contribution in [0.3, 0.4) is 0 Å². The largest absolute Gasteiger partial charge is 0.364 e. The minimum absolute atomic E-state index is 0.0408. The molecule has 0 bridgehead atoms. The molecule has 20 heavy (non-hydrogen) atoms. The fourth-order valence-electron chi connectivity index (χ4n) is 2.20. The summed E-state index contributed by atoms with van der Waals surface area (Å²) in [5, 5.41) is 14.0. The molecule has 0 fully saturated rings. The van der Waals surface area contributed by atoms with Crippen LogP contribution in [-0.4, -0.2) is 9.91 Å². The van der Waals surface area contributed by atoms with E-state index in [1.807, 2.05) is 19.1 Å². The summed E-state index contributed by atoms with van der Waals surface area (Å²) in [6.45, 7) is 5.74. The van der Waals surface area contributed by atoms with Gasteiger partial charge in [0.25, 0.3) is 5.69 Å². The Labute approximate surface area is 117 Å². The first-order valence-corrected chi connectivity index (χ1v) is 6.43. The maximum absolute atomic E-state index is 10.8. The summed E-state index contributed by atoms with van der Waals surface area (Å²) in [4.78, 5) is 14.6. The highest BCUT2D eigenvalue weighted by Gasteiger charge is 2.13. The number of nitrogens with zero attached hydrogens (tertiary/aromatic N) is 2. The molecule has 0 saturated heterocycles. The lowest BCUT2D eigenvalue weighted by molar-refractivity contribution is -0.385. The summed E-state index contributed by atoms with van der Waals surface area (Å²) < 4.78 is 0. The van der Waals surface area contributed by atoms with Crippen molar-refractivity contribution in [2.45, 2.75) is 26.8 Å². The molecule has 1 unspecified atom stereocenters. The smallest absolute Gasteiger partial charge is 0.290 e. The minimum Gasteiger partial charge on any atom is -0.364 e. The third-order valence-corrected chi connectivity index (χ3v) is 3.27. The van der Waals surface area contributed by atoms with Crippen LogP contribution >= 0.6 is 0 Å². The van der Waals surface area contributed by atoms with Crippen molar-refractivity contribution in [1.82, 2.24) is 4.98 Å². The van der Waals surface area contributed by atoms with Crippen molar-refractivity contribution in [3.63, 3.8) is 0 Å². The zero-order chi connectivity index (χ0) is 14.7. The molecule has 1 N–H and O–H groups in total. The van der Waals surface area contributed by atoms with Gasteiger partial charge in [-0.05, 0) is 38.0 Å². The molecule has 2 aromatic rings. The van der Waals surface area contributed by atoms with Crippen LogP contribution < -0.4 is 5.32 Å². The monoisotopic (exact) mass is 271 g/mol. The molecule has 0 spiro atoms. The van der Waals surface area contributed by atoms with E-state index in [1.165, 1.54) is 17.2 Å². The van der Waals surface area contributed by atoms with Gasteiger partial charge in [-0.3, -0.25) is 10.1 Å². The quantitative estimate of drug-likeness (QED) is 0.678. The van der Waals surface area contributed by atoms with E-state index in [0.29, 0.717) is 11.5 Å². The summed E-state index contributed by atoms with van der Waals surface area (Å²) >= 11 is 0. The lowest BCUT2D eigenvalue weighted by atomic mass is 10.0. The molecule has 0 aliphatic carbocycles. The predicted octanol–water partition coefficient (Wildman–Crippen LogP) is 3.78. The molecule has 5 nitrogen and oxygen atoms in total. The van der Waals surface area contributed by atoms with E-state index >= 15 is 0 Å². The lowest BCUT2D eigenvalue weighted by Gasteiger charge is -2.17. The molecule has 2 rings (SSSR count). The van der Waals surface area contributed by atoms with Crippen molar-refractivity contribution in [2.24, 2.45) is 0 Å². The second-order valence-corrected chi connectivity index (χ2v) is 4.78. The molecular weight excluding hydrogens is 254 g/mol. The maximum atomic E-state index is 10.8. The molecule has 1 atom stereocenters. The first-order valence-electron chi connectivity index (χ1n) is 6.43. The maximum Gasteiger partial charge on any atom is 0.290 e. The van der Waals surface area contributed by atoms with Gasteiger partial charge in [0.15, 0.2) is 0 Å². The first-order chi connectivity index (χ1) is 9.49. The Bertz CT molecular complexity index is 641. The molecule has 0 aliphatic heterocycles. The van der Waals surface area contributed by atoms with Crippen molar-refractivity contribution >= 4 is 11.5 Å². The molecule has 1 heterocycles. The van der Waals surface area contributed by atoms with E-state index in [2.05, 4.69) is 29.4 Å². The van der Waals surface area contributed by atoms with Crippen LogP contribution in [0.1, 0.15) is 29.8 Å². The highest BCUT2D eigenvalue weighted by Crippen LogP contribution is 2.23. The zero-order valence-corrected chi connectivity index (χ0v) is 11.8. The van der Waals surface area contributed by atoms with Gasteiger partial charge in [-0.2, -0.15) is 0 Å². The fraction of sp³-hybridized carbons (Fsp3) is 0.267. The second kappa shape index (κ2) is 5.69. The molecule has 0 saturated carbocycles. The number of hydrogen-bond acceptors (Lipinski definition) is 4. The van der Waals surface area contributed by atoms with Gasteiger partial charge in [0.05, 0.1) is 11.0 Å². The Balaban J connectivity index is 2.20. The first kappa shape index (κ1) is 14.0. The van der Waals surface area contributed by atoms with Crippen molar-refractivity contribution in [3.8, 4) is 0 Å². The van der Waals surface area contributed by atoms with Crippen molar-refractivity contribution in [2.75, 3.05) is 5.32 Å². The number of anilines is 1. The predicted molar refractivity (Wildman–Crippen MR) is 78.8 cm³/mol. The number of nitro groups is 1. The SMILES string of the molecule is Cc1ccccc1C(C)Nc1ccc([N+](=O)[O-])c(C)n1. The average Bonchev–Trinajstić information content (AvgIpc) is 2.38. The van der Waals surface area contributed by atoms with Crippen LogP contribution in [0.15, 0.2) is 36.4 Å². The Morgan fingerprint density at radius 1 is 1.20 bits per heavy atom. The molecule has 1 aromatic carbocycles. The zero-order valence-electron chi connectivity index (χ0n) is 11.8. The van der Waals surface area contributed by atoms with Gasteiger partial charge in [0.1, 0.15) is 11.5 Å². The Hall–Kier alpha value is -2.43. The van der Waals surface area contributed by atoms with Gasteiger partial charge in [-0.25, -0.2) is 4.98 Å². The number of nitrogens with one attached hydrogen (secondary N) is 1. The summed E-state index contributed by atoms with van der Waals surface area (Å²) in [6, 6.07) is 11.3. The lowest BCUT2D eigenvalue weighted by Crippen LogP contribution is -2.10. The fourth-order valence-corrected chi connectivity index (χ4v) is 2.20. The van der Waals surface area contributed by atoms with Gasteiger partial charge in [-0.1, -0.05) is 24.3 Å². The summed E-state index contributed by atoms with van der Waals surface area (Å²) in [5.41, 5.74) is 2.84. The van der Waals surface area contributed by atoms with Crippen molar-refractivity contribution < 1.29 is 4.92 Å². The summed E-state index contributed by atoms with van der Waals surface area (Å²) in [7, 11) is 0. The van der Waals surface area contributed by atoms with E-state index in [4.69, 9.17) is 0 Å². The van der Waals surface area contributed by atoms with Crippen LogP contribution in [0.2, 0.25) is 0 Å². The highest BCUT2D eigenvalue weighted by molar-refractivity contribution is 5.46. The summed E-state index contributed by atoms with van der Waals surface area (Å²) in [5.74, 6) is 0.642. The molecule has 104 valence electrons. The van der Waals surface area contributed by atoms with E-state index in [0.717, 1.165) is 0 Å². The van der Waals surface area contributed by atoms with Crippen molar-refractivity contribution in [3.05, 3.63) is 63.3 Å². The molecule has 0 radical (unpaired) electrons. The molecule has 0 amide bonds. The van der Waals surface area contributed by atoms with E-state index in [9.17, 15) is 10.1 Å².